The molecule has 0 saturated heterocycles. The van der Waals surface area contributed by atoms with Crippen LogP contribution in [0.2, 0.25) is 0 Å². The third-order valence-electron chi connectivity index (χ3n) is 6.52. The van der Waals surface area contributed by atoms with E-state index in [1.165, 1.54) is 48.4 Å². The SMILES string of the molecule is CCCCNC(=O)C(C)N(CCc1ccccc1)C(=O)CN(c1ccc(F)cc1)S(=O)(=O)c1ccc(OC)cc1. The van der Waals surface area contributed by atoms with E-state index in [0.717, 1.165) is 34.8 Å². The Kier molecular flexibility index (Phi) is 11.1. The summed E-state index contributed by atoms with van der Waals surface area (Å²) < 4.78 is 47.3. The van der Waals surface area contributed by atoms with Crippen LogP contribution in [0.25, 0.3) is 0 Å². The van der Waals surface area contributed by atoms with E-state index in [-0.39, 0.29) is 23.0 Å². The lowest BCUT2D eigenvalue weighted by molar-refractivity contribution is -0.138. The highest BCUT2D eigenvalue weighted by molar-refractivity contribution is 7.92. The van der Waals surface area contributed by atoms with Gasteiger partial charge in [0, 0.05) is 13.1 Å². The second-order valence-electron chi connectivity index (χ2n) is 9.31. The summed E-state index contributed by atoms with van der Waals surface area (Å²) in [6.07, 6.45) is 2.18. The number of unbranched alkanes of at least 4 members (excludes halogenated alkanes) is 1. The summed E-state index contributed by atoms with van der Waals surface area (Å²) in [6, 6.07) is 19.3. The Balaban J connectivity index is 1.94. The van der Waals surface area contributed by atoms with E-state index in [2.05, 4.69) is 5.32 Å². The number of nitrogens with zero attached hydrogens (tertiary/aromatic N) is 2. The molecule has 0 fully saturated rings. The molecule has 0 heterocycles. The van der Waals surface area contributed by atoms with Crippen LogP contribution >= 0.6 is 0 Å². The standard InChI is InChI=1S/C30H36FN3O5S/c1-4-5-20-32-30(36)23(2)33(21-19-24-9-7-6-8-10-24)29(35)22-34(26-13-11-25(31)12-14-26)40(37,38)28-17-15-27(39-3)16-18-28/h6-18,23H,4-5,19-22H2,1-3H3,(H,32,36). The van der Waals surface area contributed by atoms with Gasteiger partial charge >= 0.3 is 0 Å². The molecule has 3 rings (SSSR count). The Morgan fingerprint density at radius 2 is 1.62 bits per heavy atom. The van der Waals surface area contributed by atoms with Gasteiger partial charge in [-0.3, -0.25) is 13.9 Å². The topological polar surface area (TPSA) is 96.0 Å². The summed E-state index contributed by atoms with van der Waals surface area (Å²) in [5, 5.41) is 2.86. The van der Waals surface area contributed by atoms with Crippen molar-refractivity contribution in [2.75, 3.05) is 31.0 Å². The molecular formula is C30H36FN3O5S. The number of amides is 2. The zero-order chi connectivity index (χ0) is 29.1. The molecule has 0 aliphatic rings. The first kappa shape index (κ1) is 30.6. The summed E-state index contributed by atoms with van der Waals surface area (Å²) in [4.78, 5) is 28.1. The maximum Gasteiger partial charge on any atom is 0.264 e. The maximum atomic E-state index is 13.8. The van der Waals surface area contributed by atoms with Gasteiger partial charge in [0.25, 0.3) is 10.0 Å². The summed E-state index contributed by atoms with van der Waals surface area (Å²) >= 11 is 0. The average Bonchev–Trinajstić information content (AvgIpc) is 2.97. The highest BCUT2D eigenvalue weighted by Crippen LogP contribution is 2.26. The van der Waals surface area contributed by atoms with E-state index in [0.29, 0.717) is 18.7 Å². The van der Waals surface area contributed by atoms with E-state index >= 15 is 0 Å². The molecule has 3 aromatic carbocycles. The third kappa shape index (κ3) is 8.05. The number of hydrogen-bond acceptors (Lipinski definition) is 5. The molecule has 1 unspecified atom stereocenters. The Morgan fingerprint density at radius 1 is 0.975 bits per heavy atom. The third-order valence-corrected chi connectivity index (χ3v) is 8.31. The molecule has 0 aliphatic heterocycles. The molecule has 40 heavy (non-hydrogen) atoms. The largest absolute Gasteiger partial charge is 0.497 e. The second-order valence-corrected chi connectivity index (χ2v) is 11.2. The average molecular weight is 570 g/mol. The molecular weight excluding hydrogens is 533 g/mol. The summed E-state index contributed by atoms with van der Waals surface area (Å²) in [7, 11) is -2.78. The predicted octanol–water partition coefficient (Wildman–Crippen LogP) is 4.41. The molecule has 1 N–H and O–H groups in total. The number of carbonyl (C=O) groups is 2. The summed E-state index contributed by atoms with van der Waals surface area (Å²) in [5.41, 5.74) is 1.09. The van der Waals surface area contributed by atoms with Crippen molar-refractivity contribution >= 4 is 27.5 Å². The lowest BCUT2D eigenvalue weighted by Gasteiger charge is -2.32. The summed E-state index contributed by atoms with van der Waals surface area (Å²) in [5.74, 6) is -0.950. The quantitative estimate of drug-likeness (QED) is 0.290. The van der Waals surface area contributed by atoms with Gasteiger partial charge < -0.3 is 15.0 Å². The normalized spacial score (nSPS) is 11.9. The fourth-order valence-electron chi connectivity index (χ4n) is 4.12. The number of benzene rings is 3. The Hall–Kier alpha value is -3.92. The van der Waals surface area contributed by atoms with E-state index in [4.69, 9.17) is 4.74 Å². The second kappa shape index (κ2) is 14.5. The van der Waals surface area contributed by atoms with Crippen molar-refractivity contribution in [1.29, 1.82) is 0 Å². The van der Waals surface area contributed by atoms with Gasteiger partial charge in [0.15, 0.2) is 0 Å². The van der Waals surface area contributed by atoms with Crippen LogP contribution in [0.3, 0.4) is 0 Å². The van der Waals surface area contributed by atoms with Crippen LogP contribution in [0.1, 0.15) is 32.3 Å². The number of rotatable bonds is 14. The molecule has 0 aromatic heterocycles. The van der Waals surface area contributed by atoms with Gasteiger partial charge in [0.05, 0.1) is 17.7 Å². The van der Waals surface area contributed by atoms with Crippen molar-refractivity contribution in [3.05, 3.63) is 90.2 Å². The molecule has 3 aromatic rings. The van der Waals surface area contributed by atoms with Crippen LogP contribution in [0.5, 0.6) is 5.75 Å². The smallest absolute Gasteiger partial charge is 0.264 e. The number of halogens is 1. The van der Waals surface area contributed by atoms with Crippen molar-refractivity contribution in [2.45, 2.75) is 44.0 Å². The van der Waals surface area contributed by atoms with Crippen molar-refractivity contribution in [3.63, 3.8) is 0 Å². The first-order chi connectivity index (χ1) is 19.2. The molecule has 0 aliphatic carbocycles. The number of anilines is 1. The molecule has 8 nitrogen and oxygen atoms in total. The number of nitrogens with one attached hydrogen (secondary N) is 1. The monoisotopic (exact) mass is 569 g/mol. The van der Waals surface area contributed by atoms with Crippen LogP contribution in [0.15, 0.2) is 83.8 Å². The van der Waals surface area contributed by atoms with Crippen LogP contribution in [0.4, 0.5) is 10.1 Å². The lowest BCUT2D eigenvalue weighted by Crippen LogP contribution is -2.52. The number of hydrogen-bond donors (Lipinski definition) is 1. The van der Waals surface area contributed by atoms with Crippen molar-refractivity contribution in [1.82, 2.24) is 10.2 Å². The van der Waals surface area contributed by atoms with E-state index in [1.807, 2.05) is 37.3 Å². The van der Waals surface area contributed by atoms with E-state index < -0.39 is 34.3 Å². The van der Waals surface area contributed by atoms with Gasteiger partial charge in [-0.25, -0.2) is 12.8 Å². The number of methoxy groups -OCH3 is 1. The predicted molar refractivity (Wildman–Crippen MR) is 153 cm³/mol. The maximum absolute atomic E-state index is 13.8. The van der Waals surface area contributed by atoms with E-state index in [9.17, 15) is 22.4 Å². The minimum absolute atomic E-state index is 0.0633. The number of carbonyl (C=O) groups excluding carboxylic acids is 2. The number of ether oxygens (including phenoxy) is 1. The van der Waals surface area contributed by atoms with Crippen LogP contribution in [-0.2, 0) is 26.0 Å². The minimum atomic E-state index is -4.24. The zero-order valence-corrected chi connectivity index (χ0v) is 23.9. The lowest BCUT2D eigenvalue weighted by atomic mass is 10.1. The minimum Gasteiger partial charge on any atom is -0.497 e. The Labute approximate surface area is 235 Å². The number of sulfonamides is 1. The van der Waals surface area contributed by atoms with Gasteiger partial charge in [0.1, 0.15) is 24.2 Å². The van der Waals surface area contributed by atoms with Crippen LogP contribution in [-0.4, -0.2) is 57.9 Å². The molecule has 0 radical (unpaired) electrons. The van der Waals surface area contributed by atoms with Crippen molar-refractivity contribution < 1.29 is 27.1 Å². The molecule has 10 heteroatoms. The molecule has 2 amide bonds. The highest BCUT2D eigenvalue weighted by Gasteiger charge is 2.32. The highest BCUT2D eigenvalue weighted by atomic mass is 32.2. The van der Waals surface area contributed by atoms with Gasteiger partial charge in [-0.2, -0.15) is 0 Å². The molecule has 0 saturated carbocycles. The van der Waals surface area contributed by atoms with Crippen LogP contribution < -0.4 is 14.4 Å². The first-order valence-electron chi connectivity index (χ1n) is 13.2. The summed E-state index contributed by atoms with van der Waals surface area (Å²) in [6.45, 7) is 3.74. The van der Waals surface area contributed by atoms with Crippen molar-refractivity contribution in [2.24, 2.45) is 0 Å². The molecule has 0 bridgehead atoms. The van der Waals surface area contributed by atoms with Gasteiger partial charge in [0.2, 0.25) is 11.8 Å². The molecule has 214 valence electrons. The fraction of sp³-hybridized carbons (Fsp3) is 0.333. The fourth-order valence-corrected chi connectivity index (χ4v) is 5.53. The first-order valence-corrected chi connectivity index (χ1v) is 14.6. The Morgan fingerprint density at radius 3 is 2.23 bits per heavy atom. The van der Waals surface area contributed by atoms with Gasteiger partial charge in [-0.1, -0.05) is 43.7 Å². The van der Waals surface area contributed by atoms with Crippen LogP contribution in [0, 0.1) is 5.82 Å². The van der Waals surface area contributed by atoms with Gasteiger partial charge in [-0.05, 0) is 73.9 Å². The van der Waals surface area contributed by atoms with Gasteiger partial charge in [-0.15, -0.1) is 0 Å². The van der Waals surface area contributed by atoms with E-state index in [1.54, 1.807) is 6.92 Å². The molecule has 0 spiro atoms. The Bertz CT molecular complexity index is 1350. The zero-order valence-electron chi connectivity index (χ0n) is 23.0. The van der Waals surface area contributed by atoms with Crippen molar-refractivity contribution in [3.8, 4) is 5.75 Å². The molecule has 1 atom stereocenters.